The number of rotatable bonds is 10. The van der Waals surface area contributed by atoms with Gasteiger partial charge < -0.3 is 10.6 Å². The maximum Gasteiger partial charge on any atom is 0.233 e. The molecule has 2 fully saturated rings. The summed E-state index contributed by atoms with van der Waals surface area (Å²) in [7, 11) is 0. The van der Waals surface area contributed by atoms with Crippen molar-refractivity contribution in [2.75, 3.05) is 18.8 Å². The fourth-order valence-corrected chi connectivity index (χ4v) is 5.44. The average molecular weight is 448 g/mol. The van der Waals surface area contributed by atoms with Crippen LogP contribution in [0.5, 0.6) is 0 Å². The molecule has 0 radical (unpaired) electrons. The van der Waals surface area contributed by atoms with E-state index in [9.17, 15) is 9.59 Å². The Morgan fingerprint density at radius 1 is 1.27 bits per heavy atom. The normalized spacial score (nSPS) is 23.6. The molecule has 164 valence electrons. The van der Waals surface area contributed by atoms with Gasteiger partial charge in [0.25, 0.3) is 0 Å². The van der Waals surface area contributed by atoms with Crippen LogP contribution in [-0.2, 0) is 15.3 Å². The van der Waals surface area contributed by atoms with E-state index in [4.69, 9.17) is 12.2 Å². The smallest absolute Gasteiger partial charge is 0.233 e. The number of amides is 2. The summed E-state index contributed by atoms with van der Waals surface area (Å²) in [5.74, 6) is 2.02. The molecular formula is C23H33N3O2S2. The zero-order valence-corrected chi connectivity index (χ0v) is 19.4. The van der Waals surface area contributed by atoms with Crippen molar-refractivity contribution in [3.05, 3.63) is 35.9 Å². The van der Waals surface area contributed by atoms with Crippen molar-refractivity contribution in [3.63, 3.8) is 0 Å². The summed E-state index contributed by atoms with van der Waals surface area (Å²) < 4.78 is 0. The van der Waals surface area contributed by atoms with Gasteiger partial charge in [0, 0.05) is 36.6 Å². The van der Waals surface area contributed by atoms with Crippen LogP contribution in [0.15, 0.2) is 30.3 Å². The van der Waals surface area contributed by atoms with E-state index in [0.29, 0.717) is 24.6 Å². The van der Waals surface area contributed by atoms with Crippen LogP contribution in [0.25, 0.3) is 0 Å². The molecule has 3 atom stereocenters. The third kappa shape index (κ3) is 6.20. The summed E-state index contributed by atoms with van der Waals surface area (Å²) in [6.07, 6.45) is 5.41. The van der Waals surface area contributed by atoms with Crippen molar-refractivity contribution in [3.8, 4) is 0 Å². The molecule has 5 nitrogen and oxygen atoms in total. The fourth-order valence-electron chi connectivity index (χ4n) is 4.29. The third-order valence-corrected chi connectivity index (χ3v) is 7.37. The van der Waals surface area contributed by atoms with Gasteiger partial charge in [0.1, 0.15) is 0 Å². The van der Waals surface area contributed by atoms with E-state index in [2.05, 4.69) is 29.7 Å². The van der Waals surface area contributed by atoms with E-state index in [0.717, 1.165) is 43.6 Å². The van der Waals surface area contributed by atoms with Crippen LogP contribution in [-0.4, -0.2) is 46.7 Å². The average Bonchev–Trinajstić information content (AvgIpc) is 2.76. The first kappa shape index (κ1) is 23.1. The van der Waals surface area contributed by atoms with Gasteiger partial charge in [-0.05, 0) is 43.5 Å². The van der Waals surface area contributed by atoms with Gasteiger partial charge in [0.05, 0.1) is 5.92 Å². The topological polar surface area (TPSA) is 61.4 Å². The molecule has 3 unspecified atom stereocenters. The molecule has 1 aromatic rings. The van der Waals surface area contributed by atoms with Crippen molar-refractivity contribution in [1.82, 2.24) is 15.5 Å². The second-order valence-corrected chi connectivity index (χ2v) is 9.69. The highest BCUT2D eigenvalue weighted by Gasteiger charge is 2.43. The van der Waals surface area contributed by atoms with Gasteiger partial charge in [0.15, 0.2) is 5.11 Å². The third-order valence-electron chi connectivity index (χ3n) is 6.00. The van der Waals surface area contributed by atoms with Gasteiger partial charge in [-0.2, -0.15) is 11.8 Å². The molecular weight excluding hydrogens is 414 g/mol. The van der Waals surface area contributed by atoms with Crippen LogP contribution in [0.3, 0.4) is 0 Å². The maximum atomic E-state index is 12.9. The van der Waals surface area contributed by atoms with Crippen molar-refractivity contribution in [2.24, 2.45) is 11.8 Å². The number of hydrogen-bond donors (Lipinski definition) is 2. The second-order valence-electron chi connectivity index (χ2n) is 8.20. The summed E-state index contributed by atoms with van der Waals surface area (Å²) in [4.78, 5) is 27.3. The SMILES string of the molecule is CCCCCN1C(=O)C2CCC(C(=O)NCCSCc3ccccc3)CC2NC1=S. The molecule has 0 bridgehead atoms. The summed E-state index contributed by atoms with van der Waals surface area (Å²) in [6, 6.07) is 10.4. The largest absolute Gasteiger partial charge is 0.359 e. The standard InChI is InChI=1S/C23H33N3O2S2/c1-2-3-7-13-26-22(28)19-11-10-18(15-20(19)25-23(26)29)21(27)24-12-14-30-16-17-8-5-4-6-9-17/h4-6,8-9,18-20H,2-3,7,10-16H2,1H3,(H,24,27)(H,25,29). The lowest BCUT2D eigenvalue weighted by molar-refractivity contribution is -0.137. The van der Waals surface area contributed by atoms with E-state index < -0.39 is 0 Å². The minimum Gasteiger partial charge on any atom is -0.359 e. The lowest BCUT2D eigenvalue weighted by Crippen LogP contribution is -2.62. The summed E-state index contributed by atoms with van der Waals surface area (Å²) in [5.41, 5.74) is 1.31. The Balaban J connectivity index is 1.39. The lowest BCUT2D eigenvalue weighted by Gasteiger charge is -2.43. The zero-order valence-electron chi connectivity index (χ0n) is 17.8. The van der Waals surface area contributed by atoms with E-state index >= 15 is 0 Å². The van der Waals surface area contributed by atoms with Gasteiger partial charge in [0.2, 0.25) is 11.8 Å². The van der Waals surface area contributed by atoms with Crippen LogP contribution in [0.2, 0.25) is 0 Å². The van der Waals surface area contributed by atoms with Gasteiger partial charge >= 0.3 is 0 Å². The molecule has 0 aromatic heterocycles. The number of benzene rings is 1. The molecule has 7 heteroatoms. The number of fused-ring (bicyclic) bond motifs is 1. The van der Waals surface area contributed by atoms with E-state index in [1.54, 1.807) is 4.90 Å². The summed E-state index contributed by atoms with van der Waals surface area (Å²) >= 11 is 7.28. The van der Waals surface area contributed by atoms with Crippen molar-refractivity contribution < 1.29 is 9.59 Å². The molecule has 3 rings (SSSR count). The first-order chi connectivity index (χ1) is 14.6. The monoisotopic (exact) mass is 447 g/mol. The predicted octanol–water partition coefficient (Wildman–Crippen LogP) is 3.73. The summed E-state index contributed by atoms with van der Waals surface area (Å²) in [6.45, 7) is 3.53. The Hall–Kier alpha value is -1.60. The Kier molecular flexibility index (Phi) is 9.00. The van der Waals surface area contributed by atoms with Gasteiger partial charge in [-0.25, -0.2) is 0 Å². The van der Waals surface area contributed by atoms with Crippen LogP contribution >= 0.6 is 24.0 Å². The van der Waals surface area contributed by atoms with Crippen LogP contribution in [0, 0.1) is 11.8 Å². The number of hydrogen-bond acceptors (Lipinski definition) is 4. The molecule has 2 amide bonds. The van der Waals surface area contributed by atoms with Gasteiger partial charge in [-0.15, -0.1) is 0 Å². The minimum absolute atomic E-state index is 0.00983. The molecule has 1 heterocycles. The highest BCUT2D eigenvalue weighted by molar-refractivity contribution is 7.98. The highest BCUT2D eigenvalue weighted by Crippen LogP contribution is 2.33. The molecule has 1 saturated carbocycles. The van der Waals surface area contributed by atoms with Crippen LogP contribution in [0.4, 0.5) is 0 Å². The van der Waals surface area contributed by atoms with Crippen molar-refractivity contribution in [1.29, 1.82) is 0 Å². The lowest BCUT2D eigenvalue weighted by atomic mass is 9.76. The van der Waals surface area contributed by atoms with E-state index in [1.165, 1.54) is 5.56 Å². The second kappa shape index (κ2) is 11.7. The van der Waals surface area contributed by atoms with Crippen molar-refractivity contribution in [2.45, 2.75) is 57.2 Å². The first-order valence-corrected chi connectivity index (χ1v) is 12.7. The zero-order chi connectivity index (χ0) is 21.3. The predicted molar refractivity (Wildman–Crippen MR) is 127 cm³/mol. The molecule has 1 aliphatic carbocycles. The minimum atomic E-state index is -0.0520. The molecule has 2 aliphatic rings. The van der Waals surface area contributed by atoms with Gasteiger partial charge in [-0.1, -0.05) is 50.1 Å². The number of thioether (sulfide) groups is 1. The quantitative estimate of drug-likeness (QED) is 0.423. The van der Waals surface area contributed by atoms with Gasteiger partial charge in [-0.3, -0.25) is 14.5 Å². The number of nitrogens with one attached hydrogen (secondary N) is 2. The maximum absolute atomic E-state index is 12.9. The number of thiocarbonyl (C=S) groups is 1. The Morgan fingerprint density at radius 2 is 2.07 bits per heavy atom. The number of carbonyl (C=O) groups excluding carboxylic acids is 2. The van der Waals surface area contributed by atoms with E-state index in [-0.39, 0.29) is 29.7 Å². The first-order valence-electron chi connectivity index (χ1n) is 11.1. The number of carbonyl (C=O) groups is 2. The molecule has 2 N–H and O–H groups in total. The van der Waals surface area contributed by atoms with E-state index in [1.807, 2.05) is 30.0 Å². The molecule has 1 saturated heterocycles. The Bertz CT molecular complexity index is 728. The molecule has 1 aliphatic heterocycles. The molecule has 30 heavy (non-hydrogen) atoms. The number of unbranched alkanes of at least 4 members (excludes halogenated alkanes) is 2. The van der Waals surface area contributed by atoms with Crippen LogP contribution < -0.4 is 10.6 Å². The molecule has 1 aromatic carbocycles. The fraction of sp³-hybridized carbons (Fsp3) is 0.609. The van der Waals surface area contributed by atoms with Crippen molar-refractivity contribution >= 4 is 40.9 Å². The Morgan fingerprint density at radius 3 is 2.83 bits per heavy atom. The van der Waals surface area contributed by atoms with Crippen LogP contribution in [0.1, 0.15) is 51.0 Å². The number of nitrogens with zero attached hydrogens (tertiary/aromatic N) is 1. The molecule has 0 spiro atoms. The summed E-state index contributed by atoms with van der Waals surface area (Å²) in [5, 5.41) is 6.98. The Labute approximate surface area is 189 Å². The highest BCUT2D eigenvalue weighted by atomic mass is 32.2.